The number of halogens is 3. The summed E-state index contributed by atoms with van der Waals surface area (Å²) in [5, 5.41) is 12.1. The Morgan fingerprint density at radius 1 is 1.23 bits per heavy atom. The van der Waals surface area contributed by atoms with Crippen LogP contribution < -0.4 is 15.8 Å². The summed E-state index contributed by atoms with van der Waals surface area (Å²) in [6.07, 6.45) is 0.238. The number of carbonyl (C=O) groups is 2. The summed E-state index contributed by atoms with van der Waals surface area (Å²) in [5.74, 6) is -0.965. The van der Waals surface area contributed by atoms with Crippen molar-refractivity contribution < 1.29 is 23.1 Å². The fraction of sp³-hybridized carbons (Fsp3) is 0.192. The summed E-state index contributed by atoms with van der Waals surface area (Å²) in [6.45, 7) is 4.27. The average molecular weight is 586 g/mol. The van der Waals surface area contributed by atoms with Gasteiger partial charge in [0.05, 0.1) is 11.9 Å². The highest BCUT2D eigenvalue weighted by Gasteiger charge is 2.27. The lowest BCUT2D eigenvalue weighted by Gasteiger charge is -2.10. The van der Waals surface area contributed by atoms with Crippen LogP contribution in [0.25, 0.3) is 21.3 Å². The Hall–Kier alpha value is -4.36. The number of fused-ring (bicyclic) bond motifs is 1. The lowest BCUT2D eigenvalue weighted by atomic mass is 10.0. The van der Waals surface area contributed by atoms with Crippen molar-refractivity contribution in [2.24, 2.45) is 5.73 Å². The van der Waals surface area contributed by atoms with Crippen LogP contribution in [0.4, 0.5) is 14.5 Å². The van der Waals surface area contributed by atoms with Crippen LogP contribution in [0.1, 0.15) is 44.9 Å². The first-order valence-corrected chi connectivity index (χ1v) is 13.2. The molecule has 4 aromatic heterocycles. The van der Waals surface area contributed by atoms with Gasteiger partial charge in [-0.1, -0.05) is 17.7 Å². The molecular formula is C26H22ClF2N7O3S. The van der Waals surface area contributed by atoms with Gasteiger partial charge in [-0.2, -0.15) is 10.2 Å². The Morgan fingerprint density at radius 3 is 2.70 bits per heavy atom. The molecule has 0 spiro atoms. The minimum absolute atomic E-state index is 0.00665. The van der Waals surface area contributed by atoms with Crippen LogP contribution in [0.15, 0.2) is 48.8 Å². The van der Waals surface area contributed by atoms with Crippen LogP contribution >= 0.6 is 22.9 Å². The highest BCUT2D eigenvalue weighted by atomic mass is 35.5. The second-order valence-corrected chi connectivity index (χ2v) is 10.1. The number of benzene rings is 1. The number of alkyl halides is 2. The quantitative estimate of drug-likeness (QED) is 0.229. The van der Waals surface area contributed by atoms with Gasteiger partial charge >= 0.3 is 0 Å². The molecular weight excluding hydrogens is 564 g/mol. The van der Waals surface area contributed by atoms with Crippen molar-refractivity contribution in [1.29, 1.82) is 0 Å². The first-order chi connectivity index (χ1) is 19.2. The number of amides is 2. The Kier molecular flexibility index (Phi) is 7.50. The summed E-state index contributed by atoms with van der Waals surface area (Å²) in [7, 11) is 0. The number of nitrogens with one attached hydrogen (secondary N) is 1. The maximum atomic E-state index is 13.8. The lowest BCUT2D eigenvalue weighted by molar-refractivity contribution is 0.100. The Balaban J connectivity index is 1.52. The van der Waals surface area contributed by atoms with Crippen LogP contribution in [0.5, 0.6) is 5.75 Å². The van der Waals surface area contributed by atoms with Gasteiger partial charge in [0.15, 0.2) is 12.4 Å². The number of anilines is 1. The van der Waals surface area contributed by atoms with E-state index in [9.17, 15) is 18.4 Å². The van der Waals surface area contributed by atoms with E-state index in [1.807, 2.05) is 6.92 Å². The van der Waals surface area contributed by atoms with Crippen LogP contribution in [0, 0.1) is 6.92 Å². The predicted molar refractivity (Wildman–Crippen MR) is 147 cm³/mol. The minimum Gasteiger partial charge on any atom is -0.471 e. The largest absolute Gasteiger partial charge is 0.471 e. The number of nitrogens with two attached hydrogens (primary N) is 1. The number of pyridine rings is 1. The van der Waals surface area contributed by atoms with Gasteiger partial charge in [0.2, 0.25) is 0 Å². The standard InChI is InChI=1S/C26H22ClF2N7O3S/c1-3-36-13(2)17(11-31-36)16-10-19(23(28)29)32-26-20(16)21(22(40-26)24(30)37)33-25(38)18-7-8-35(34-18)12-39-15-6-4-5-14(27)9-15/h4-11,23H,3,12H2,1-2H3,(H2,30,37)(H,33,38). The highest BCUT2D eigenvalue weighted by molar-refractivity contribution is 7.21. The molecule has 0 bridgehead atoms. The second kappa shape index (κ2) is 11.0. The number of thiophene rings is 1. The van der Waals surface area contributed by atoms with Crippen molar-refractivity contribution in [3.8, 4) is 16.9 Å². The number of primary amides is 1. The molecule has 10 nitrogen and oxygen atoms in total. The number of aryl methyl sites for hydroxylation is 1. The summed E-state index contributed by atoms with van der Waals surface area (Å²) in [4.78, 5) is 29.8. The zero-order chi connectivity index (χ0) is 28.6. The second-order valence-electron chi connectivity index (χ2n) is 8.63. The smallest absolute Gasteiger partial charge is 0.280 e. The predicted octanol–water partition coefficient (Wildman–Crippen LogP) is 5.66. The van der Waals surface area contributed by atoms with Gasteiger partial charge in [0.25, 0.3) is 18.2 Å². The van der Waals surface area contributed by atoms with E-state index in [1.165, 1.54) is 16.8 Å². The number of aromatic nitrogens is 5. The van der Waals surface area contributed by atoms with Crippen LogP contribution in [0.3, 0.4) is 0 Å². The van der Waals surface area contributed by atoms with Gasteiger partial charge in [-0.15, -0.1) is 11.3 Å². The molecule has 40 heavy (non-hydrogen) atoms. The summed E-state index contributed by atoms with van der Waals surface area (Å²) in [5.41, 5.74) is 6.87. The van der Waals surface area contributed by atoms with Crippen molar-refractivity contribution in [3.63, 3.8) is 0 Å². The summed E-state index contributed by atoms with van der Waals surface area (Å²) < 4.78 is 36.3. The summed E-state index contributed by atoms with van der Waals surface area (Å²) in [6, 6.07) is 9.54. The van der Waals surface area contributed by atoms with Gasteiger partial charge in [-0.25, -0.2) is 18.4 Å². The molecule has 0 aliphatic rings. The van der Waals surface area contributed by atoms with E-state index in [1.54, 1.807) is 48.3 Å². The topological polar surface area (TPSA) is 130 Å². The van der Waals surface area contributed by atoms with Gasteiger partial charge < -0.3 is 15.8 Å². The molecule has 2 amide bonds. The van der Waals surface area contributed by atoms with E-state index in [-0.39, 0.29) is 27.8 Å². The lowest BCUT2D eigenvalue weighted by Crippen LogP contribution is -2.18. The molecule has 0 saturated heterocycles. The van der Waals surface area contributed by atoms with E-state index >= 15 is 0 Å². The van der Waals surface area contributed by atoms with E-state index in [0.717, 1.165) is 17.0 Å². The van der Waals surface area contributed by atoms with Crippen molar-refractivity contribution in [1.82, 2.24) is 24.5 Å². The molecule has 5 aromatic rings. The monoisotopic (exact) mass is 585 g/mol. The minimum atomic E-state index is -2.86. The summed E-state index contributed by atoms with van der Waals surface area (Å²) >= 11 is 6.80. The number of carbonyl (C=O) groups excluding carboxylic acids is 2. The molecule has 0 unspecified atom stereocenters. The zero-order valence-corrected chi connectivity index (χ0v) is 22.8. The molecule has 14 heteroatoms. The van der Waals surface area contributed by atoms with Gasteiger partial charge in [-0.3, -0.25) is 14.3 Å². The third kappa shape index (κ3) is 5.25. The molecule has 0 aliphatic carbocycles. The van der Waals surface area contributed by atoms with Gasteiger partial charge in [0.1, 0.15) is 21.2 Å². The van der Waals surface area contributed by atoms with Crippen molar-refractivity contribution in [3.05, 3.63) is 75.8 Å². The van der Waals surface area contributed by atoms with Crippen LogP contribution in [-0.4, -0.2) is 36.4 Å². The van der Waals surface area contributed by atoms with Crippen LogP contribution in [-0.2, 0) is 13.3 Å². The molecule has 0 atom stereocenters. The van der Waals surface area contributed by atoms with Crippen molar-refractivity contribution in [2.45, 2.75) is 33.5 Å². The Labute approximate surface area is 235 Å². The molecule has 0 saturated carbocycles. The fourth-order valence-corrected chi connectivity index (χ4v) is 5.39. The Bertz CT molecular complexity index is 1750. The highest BCUT2D eigenvalue weighted by Crippen LogP contribution is 2.43. The normalized spacial score (nSPS) is 11.3. The molecule has 0 radical (unpaired) electrons. The number of hydrogen-bond acceptors (Lipinski definition) is 7. The van der Waals surface area contributed by atoms with E-state index < -0.39 is 23.9 Å². The third-order valence-corrected chi connectivity index (χ3v) is 7.43. The SMILES string of the molecule is CCn1ncc(-c2cc(C(F)F)nc3sc(C(N)=O)c(NC(=O)c4ccn(COc5cccc(Cl)c5)n4)c23)c1C. The van der Waals surface area contributed by atoms with Crippen molar-refractivity contribution in [2.75, 3.05) is 5.32 Å². The van der Waals surface area contributed by atoms with Crippen molar-refractivity contribution >= 4 is 50.7 Å². The number of nitrogens with zero attached hydrogens (tertiary/aromatic N) is 5. The molecule has 206 valence electrons. The van der Waals surface area contributed by atoms with Gasteiger partial charge in [0, 0.05) is 34.4 Å². The molecule has 4 heterocycles. The molecule has 5 rings (SSSR count). The van der Waals surface area contributed by atoms with Gasteiger partial charge in [-0.05, 0) is 49.7 Å². The zero-order valence-electron chi connectivity index (χ0n) is 21.2. The first kappa shape index (κ1) is 27.2. The molecule has 0 aliphatic heterocycles. The van der Waals surface area contributed by atoms with Crippen LogP contribution in [0.2, 0.25) is 5.02 Å². The number of hydrogen-bond donors (Lipinski definition) is 2. The van der Waals surface area contributed by atoms with E-state index in [0.29, 0.717) is 33.8 Å². The average Bonchev–Trinajstić information content (AvgIpc) is 3.64. The first-order valence-electron chi connectivity index (χ1n) is 12.0. The third-order valence-electron chi connectivity index (χ3n) is 6.09. The number of rotatable bonds is 9. The maximum Gasteiger partial charge on any atom is 0.280 e. The molecule has 3 N–H and O–H groups in total. The van der Waals surface area contributed by atoms with E-state index in [4.69, 9.17) is 22.1 Å². The maximum absolute atomic E-state index is 13.8. The number of ether oxygens (including phenoxy) is 1. The molecule has 0 fully saturated rings. The molecule has 1 aromatic carbocycles. The fourth-order valence-electron chi connectivity index (χ4n) is 4.19. The van der Waals surface area contributed by atoms with E-state index in [2.05, 4.69) is 20.5 Å². The Morgan fingerprint density at radius 2 is 2.02 bits per heavy atom.